The molecule has 4 heterocycles. The summed E-state index contributed by atoms with van der Waals surface area (Å²) in [6.07, 6.45) is 0. The van der Waals surface area contributed by atoms with E-state index >= 15 is 0 Å². The largest absolute Gasteiger partial charge is 0.292 e. The van der Waals surface area contributed by atoms with Gasteiger partial charge in [-0.15, -0.1) is 0 Å². The smallest absolute Gasteiger partial charge is 0.164 e. The van der Waals surface area contributed by atoms with Crippen LogP contribution in [0.5, 0.6) is 0 Å². The number of fused-ring (bicyclic) bond motifs is 2. The van der Waals surface area contributed by atoms with E-state index in [1.807, 2.05) is 60.7 Å². The minimum atomic E-state index is -0.0278. The van der Waals surface area contributed by atoms with Crippen molar-refractivity contribution in [1.82, 2.24) is 49.0 Å². The molecular weight excluding hydrogens is 1050 g/mol. The van der Waals surface area contributed by atoms with Gasteiger partial charge in [0.25, 0.3) is 0 Å². The molecule has 0 N–H and O–H groups in total. The van der Waals surface area contributed by atoms with Crippen molar-refractivity contribution in [3.8, 4) is 102 Å². The molecule has 2 unspecified atom stereocenters. The van der Waals surface area contributed by atoms with Gasteiger partial charge in [0.15, 0.2) is 34.9 Å². The summed E-state index contributed by atoms with van der Waals surface area (Å²) in [6, 6.07) is 97.0. The Morgan fingerprint density at radius 3 is 0.860 bits per heavy atom. The molecule has 10 nitrogen and oxygen atoms in total. The van der Waals surface area contributed by atoms with E-state index in [4.69, 9.17) is 39.9 Å². The number of rotatable bonds is 10. The number of hydrogen-bond donors (Lipinski definition) is 0. The summed E-state index contributed by atoms with van der Waals surface area (Å²) in [6.45, 7) is 0. The third-order valence-corrected chi connectivity index (χ3v) is 16.8. The molecule has 3 aliphatic rings. The molecule has 2 atom stereocenters. The molecule has 0 spiro atoms. The van der Waals surface area contributed by atoms with Crippen LogP contribution in [-0.4, -0.2) is 49.0 Å². The Labute approximate surface area is 495 Å². The van der Waals surface area contributed by atoms with E-state index in [1.165, 1.54) is 33.4 Å². The molecule has 10 heteroatoms. The number of nitrogens with zero attached hydrogens (tertiary/aromatic N) is 10. The highest BCUT2D eigenvalue weighted by Crippen LogP contribution is 2.57. The Bertz CT molecular complexity index is 4780. The minimum absolute atomic E-state index is 0.0278. The Morgan fingerprint density at radius 2 is 0.488 bits per heavy atom. The molecule has 0 saturated carbocycles. The van der Waals surface area contributed by atoms with E-state index in [9.17, 15) is 0 Å². The molecule has 0 saturated heterocycles. The second kappa shape index (κ2) is 20.1. The fourth-order valence-corrected chi connectivity index (χ4v) is 12.9. The first kappa shape index (κ1) is 49.0. The van der Waals surface area contributed by atoms with E-state index in [1.54, 1.807) is 0 Å². The van der Waals surface area contributed by atoms with Crippen molar-refractivity contribution in [3.63, 3.8) is 0 Å². The number of hydrogen-bond acceptors (Lipinski definition) is 8. The first-order valence-electron chi connectivity index (χ1n) is 28.9. The van der Waals surface area contributed by atoms with Gasteiger partial charge in [0.2, 0.25) is 0 Å². The van der Waals surface area contributed by atoms with Crippen LogP contribution in [0.4, 0.5) is 0 Å². The van der Waals surface area contributed by atoms with Crippen molar-refractivity contribution in [2.24, 2.45) is 0 Å². The van der Waals surface area contributed by atoms with Crippen molar-refractivity contribution >= 4 is 22.1 Å². The lowest BCUT2D eigenvalue weighted by Crippen LogP contribution is -2.27. The van der Waals surface area contributed by atoms with Crippen LogP contribution in [0, 0.1) is 0 Å². The SMILES string of the molecule is c1ccc(-c2nc(-c3ccc(-n4c(-c5ccccc5)nc5ccccc54)cc3)nc(-c3ccc4c(c3)C3c5ccccc5C4c4cc(-c5nc(-c6ccccc6)nc(-c6ccc(-n7c(-c8ccccc8)nc8ccccc87)cc6)n5)ccc43)n2)cc1. The summed E-state index contributed by atoms with van der Waals surface area (Å²) < 4.78 is 4.44. The summed E-state index contributed by atoms with van der Waals surface area (Å²) in [7, 11) is 0. The van der Waals surface area contributed by atoms with E-state index < -0.39 is 0 Å². The maximum Gasteiger partial charge on any atom is 0.164 e. The molecule has 4 aromatic heterocycles. The van der Waals surface area contributed by atoms with Gasteiger partial charge in [-0.2, -0.15) is 0 Å². The van der Waals surface area contributed by atoms with Gasteiger partial charge in [0.05, 0.1) is 22.1 Å². The van der Waals surface area contributed by atoms with Gasteiger partial charge in [-0.1, -0.05) is 194 Å². The zero-order valence-electron chi connectivity index (χ0n) is 46.2. The zero-order valence-corrected chi connectivity index (χ0v) is 46.2. The third-order valence-electron chi connectivity index (χ3n) is 16.8. The van der Waals surface area contributed by atoms with E-state index in [0.717, 1.165) is 89.6 Å². The molecule has 18 rings (SSSR count). The summed E-state index contributed by atoms with van der Waals surface area (Å²) >= 11 is 0. The topological polar surface area (TPSA) is 113 Å². The van der Waals surface area contributed by atoms with Gasteiger partial charge in [0, 0.05) is 67.7 Å². The average molecular weight is 1100 g/mol. The van der Waals surface area contributed by atoms with E-state index in [2.05, 4.69) is 228 Å². The lowest BCUT2D eigenvalue weighted by atomic mass is 9.61. The van der Waals surface area contributed by atoms with Crippen LogP contribution in [0.3, 0.4) is 0 Å². The van der Waals surface area contributed by atoms with Crippen molar-refractivity contribution in [2.75, 3.05) is 0 Å². The lowest BCUT2D eigenvalue weighted by Gasteiger charge is -2.42. The van der Waals surface area contributed by atoms with Crippen molar-refractivity contribution in [2.45, 2.75) is 11.8 Å². The first-order chi connectivity index (χ1) is 42.6. The number of imidazole rings is 2. The normalized spacial score (nSPS) is 13.8. The third kappa shape index (κ3) is 8.25. The first-order valence-corrected chi connectivity index (χ1v) is 28.9. The zero-order chi connectivity index (χ0) is 56.7. The average Bonchev–Trinajstić information content (AvgIpc) is 0.958. The Hall–Kier alpha value is -11.6. The van der Waals surface area contributed by atoms with Gasteiger partial charge < -0.3 is 0 Å². The molecule has 15 aromatic rings. The molecule has 86 heavy (non-hydrogen) atoms. The molecule has 0 fully saturated rings. The van der Waals surface area contributed by atoms with Crippen molar-refractivity contribution < 1.29 is 0 Å². The van der Waals surface area contributed by atoms with Gasteiger partial charge >= 0.3 is 0 Å². The van der Waals surface area contributed by atoms with Gasteiger partial charge in [-0.3, -0.25) is 9.13 Å². The fourth-order valence-electron chi connectivity index (χ4n) is 12.9. The standard InChI is InChI=1S/C76H48N10/c1-5-19-47(20-6-1)69-79-71(49-33-39-55(40-34-49)85-65-31-17-15-29-63(65)77-75(85)51-23-9-3-10-24-51)83-73(81-69)53-37-43-59-61(45-53)67-57-27-13-14-28-58(57)68(59)62-46-54(38-44-60(62)67)74-82-70(48-21-7-2-8-22-48)80-72(84-74)50-35-41-56(42-36-50)86-66-32-18-16-30-64(66)78-76(86)52-25-11-4-12-26-52/h1-46,67-68H. The molecule has 2 bridgehead atoms. The summed E-state index contributed by atoms with van der Waals surface area (Å²) in [5.41, 5.74) is 21.1. The quantitative estimate of drug-likeness (QED) is 0.133. The summed E-state index contributed by atoms with van der Waals surface area (Å²) in [5, 5.41) is 0. The minimum Gasteiger partial charge on any atom is -0.292 e. The van der Waals surface area contributed by atoms with E-state index in [0.29, 0.717) is 34.9 Å². The van der Waals surface area contributed by atoms with Crippen LogP contribution in [-0.2, 0) is 0 Å². The Kier molecular flexibility index (Phi) is 11.4. The van der Waals surface area contributed by atoms with Gasteiger partial charge in [-0.05, 0) is 118 Å². The summed E-state index contributed by atoms with van der Waals surface area (Å²) in [4.78, 5) is 41.5. The number of para-hydroxylation sites is 4. The molecule has 11 aromatic carbocycles. The fraction of sp³-hybridized carbons (Fsp3) is 0.0263. The lowest BCUT2D eigenvalue weighted by molar-refractivity contribution is 0.754. The van der Waals surface area contributed by atoms with Crippen LogP contribution >= 0.6 is 0 Å². The van der Waals surface area contributed by atoms with Gasteiger partial charge in [-0.25, -0.2) is 39.9 Å². The number of aromatic nitrogens is 10. The molecule has 402 valence electrons. The predicted molar refractivity (Wildman–Crippen MR) is 341 cm³/mol. The summed E-state index contributed by atoms with van der Waals surface area (Å²) in [5.74, 6) is 5.34. The molecule has 0 aliphatic heterocycles. The Morgan fingerprint density at radius 1 is 0.209 bits per heavy atom. The highest BCUT2D eigenvalue weighted by atomic mass is 15.1. The molecular formula is C76H48N10. The van der Waals surface area contributed by atoms with E-state index in [-0.39, 0.29) is 11.8 Å². The van der Waals surface area contributed by atoms with Crippen LogP contribution in [0.1, 0.15) is 45.2 Å². The van der Waals surface area contributed by atoms with Crippen LogP contribution in [0.15, 0.2) is 279 Å². The second-order valence-corrected chi connectivity index (χ2v) is 21.9. The molecule has 0 radical (unpaired) electrons. The maximum absolute atomic E-state index is 5.29. The van der Waals surface area contributed by atoms with Gasteiger partial charge in [0.1, 0.15) is 11.6 Å². The van der Waals surface area contributed by atoms with Crippen LogP contribution in [0.2, 0.25) is 0 Å². The monoisotopic (exact) mass is 1100 g/mol. The highest BCUT2D eigenvalue weighted by molar-refractivity contribution is 5.85. The van der Waals surface area contributed by atoms with Crippen molar-refractivity contribution in [3.05, 3.63) is 312 Å². The highest BCUT2D eigenvalue weighted by Gasteiger charge is 2.42. The Balaban J connectivity index is 0.742. The van der Waals surface area contributed by atoms with Crippen LogP contribution in [0.25, 0.3) is 125 Å². The number of benzene rings is 11. The predicted octanol–water partition coefficient (Wildman–Crippen LogP) is 17.1. The second-order valence-electron chi connectivity index (χ2n) is 21.9. The molecule has 0 amide bonds. The molecule has 3 aliphatic carbocycles. The van der Waals surface area contributed by atoms with Crippen molar-refractivity contribution in [1.29, 1.82) is 0 Å². The van der Waals surface area contributed by atoms with Crippen LogP contribution < -0.4 is 0 Å². The maximum atomic E-state index is 5.29.